The number of nitrogens with one attached hydrogen (secondary N) is 1. The van der Waals surface area contributed by atoms with Crippen LogP contribution in [0.2, 0.25) is 5.02 Å². The van der Waals surface area contributed by atoms with Crippen molar-refractivity contribution in [2.45, 2.75) is 12.5 Å². The van der Waals surface area contributed by atoms with E-state index in [1.54, 1.807) is 0 Å². The maximum absolute atomic E-state index is 12.1. The SMILES string of the molecule is COc1cc(C(=O)OCC(=O)N[C@H]2CCS(=O)(=O)C2)cc(Cl)c1OC. The molecule has 0 aromatic heterocycles. The summed E-state index contributed by atoms with van der Waals surface area (Å²) in [6, 6.07) is 2.27. The second-order valence-electron chi connectivity index (χ2n) is 5.44. The quantitative estimate of drug-likeness (QED) is 0.715. The first-order valence-corrected chi connectivity index (χ1v) is 9.54. The van der Waals surface area contributed by atoms with Crippen LogP contribution < -0.4 is 14.8 Å². The molecule has 1 aromatic carbocycles. The number of esters is 1. The number of hydrogen-bond donors (Lipinski definition) is 1. The average molecular weight is 392 g/mol. The molecule has 0 aliphatic carbocycles. The molecule has 0 saturated carbocycles. The predicted octanol–water partition coefficient (Wildman–Crippen LogP) is 0.817. The average Bonchev–Trinajstić information content (AvgIpc) is 2.90. The number of rotatable bonds is 6. The smallest absolute Gasteiger partial charge is 0.338 e. The van der Waals surface area contributed by atoms with E-state index in [4.69, 9.17) is 25.8 Å². The van der Waals surface area contributed by atoms with Gasteiger partial charge in [0.1, 0.15) is 0 Å². The zero-order valence-electron chi connectivity index (χ0n) is 13.7. The van der Waals surface area contributed by atoms with E-state index in [9.17, 15) is 18.0 Å². The number of amides is 1. The van der Waals surface area contributed by atoms with Crippen LogP contribution in [0.15, 0.2) is 12.1 Å². The van der Waals surface area contributed by atoms with Gasteiger partial charge in [-0.2, -0.15) is 0 Å². The number of sulfone groups is 1. The molecule has 1 fully saturated rings. The van der Waals surface area contributed by atoms with Gasteiger partial charge < -0.3 is 19.5 Å². The normalized spacial score (nSPS) is 18.4. The van der Waals surface area contributed by atoms with E-state index in [-0.39, 0.29) is 33.6 Å². The van der Waals surface area contributed by atoms with Crippen molar-refractivity contribution in [2.24, 2.45) is 0 Å². The van der Waals surface area contributed by atoms with Crippen molar-refractivity contribution in [3.8, 4) is 11.5 Å². The van der Waals surface area contributed by atoms with Crippen LogP contribution in [0.5, 0.6) is 11.5 Å². The van der Waals surface area contributed by atoms with Crippen LogP contribution in [-0.4, -0.2) is 58.7 Å². The molecule has 0 radical (unpaired) electrons. The molecule has 0 bridgehead atoms. The van der Waals surface area contributed by atoms with Gasteiger partial charge in [-0.3, -0.25) is 4.79 Å². The lowest BCUT2D eigenvalue weighted by Gasteiger charge is -2.13. The first kappa shape index (κ1) is 19.3. The van der Waals surface area contributed by atoms with Crippen molar-refractivity contribution in [1.82, 2.24) is 5.32 Å². The summed E-state index contributed by atoms with van der Waals surface area (Å²) < 4.78 is 37.8. The Kier molecular flexibility index (Phi) is 6.12. The third-order valence-corrected chi connectivity index (χ3v) is 5.65. The molecular weight excluding hydrogens is 374 g/mol. The van der Waals surface area contributed by atoms with Gasteiger partial charge in [0.2, 0.25) is 0 Å². The van der Waals surface area contributed by atoms with Crippen LogP contribution in [0.1, 0.15) is 16.8 Å². The van der Waals surface area contributed by atoms with Gasteiger partial charge in [0, 0.05) is 6.04 Å². The van der Waals surface area contributed by atoms with Crippen molar-refractivity contribution in [1.29, 1.82) is 0 Å². The highest BCUT2D eigenvalue weighted by molar-refractivity contribution is 7.91. The molecule has 138 valence electrons. The molecule has 25 heavy (non-hydrogen) atoms. The summed E-state index contributed by atoms with van der Waals surface area (Å²) in [6.07, 6.45) is 0.354. The summed E-state index contributed by atoms with van der Waals surface area (Å²) in [4.78, 5) is 23.8. The number of hydrogen-bond acceptors (Lipinski definition) is 7. The number of benzene rings is 1. The van der Waals surface area contributed by atoms with E-state index in [0.29, 0.717) is 6.42 Å². The minimum atomic E-state index is -3.10. The first-order valence-electron chi connectivity index (χ1n) is 7.34. The predicted molar refractivity (Wildman–Crippen MR) is 90.0 cm³/mol. The molecule has 1 aliphatic heterocycles. The number of methoxy groups -OCH3 is 2. The minimum Gasteiger partial charge on any atom is -0.493 e. The highest BCUT2D eigenvalue weighted by Crippen LogP contribution is 2.36. The molecule has 1 aliphatic rings. The van der Waals surface area contributed by atoms with Crippen LogP contribution in [0, 0.1) is 0 Å². The summed E-state index contributed by atoms with van der Waals surface area (Å²) in [5, 5.41) is 2.69. The first-order chi connectivity index (χ1) is 11.8. The van der Waals surface area contributed by atoms with Crippen LogP contribution >= 0.6 is 11.6 Å². The van der Waals surface area contributed by atoms with Crippen molar-refractivity contribution in [2.75, 3.05) is 32.3 Å². The molecule has 1 saturated heterocycles. The topological polar surface area (TPSA) is 108 Å². The van der Waals surface area contributed by atoms with Crippen LogP contribution in [0.25, 0.3) is 0 Å². The molecular formula is C15H18ClNO7S. The molecule has 1 aromatic rings. The Hall–Kier alpha value is -2.00. The Labute approximate surface area is 150 Å². The van der Waals surface area contributed by atoms with Crippen LogP contribution in [-0.2, 0) is 19.4 Å². The van der Waals surface area contributed by atoms with Crippen LogP contribution in [0.3, 0.4) is 0 Å². The van der Waals surface area contributed by atoms with Crippen molar-refractivity contribution < 1.29 is 32.2 Å². The van der Waals surface area contributed by atoms with Crippen molar-refractivity contribution >= 4 is 33.3 Å². The molecule has 1 heterocycles. The Morgan fingerprint density at radius 2 is 2.00 bits per heavy atom. The number of carbonyl (C=O) groups is 2. The standard InChI is InChI=1S/C15H18ClNO7S/c1-22-12-6-9(5-11(16)14(12)23-2)15(19)24-7-13(18)17-10-3-4-25(20,21)8-10/h5-6,10H,3-4,7-8H2,1-2H3,(H,17,18)/t10-/m0/s1. The third-order valence-electron chi connectivity index (χ3n) is 3.60. The van der Waals surface area contributed by atoms with E-state index in [0.717, 1.165) is 0 Å². The monoisotopic (exact) mass is 391 g/mol. The van der Waals surface area contributed by atoms with E-state index < -0.39 is 34.4 Å². The minimum absolute atomic E-state index is 0.0435. The Balaban J connectivity index is 1.94. The fraction of sp³-hybridized carbons (Fsp3) is 0.467. The molecule has 1 N–H and O–H groups in total. The Bertz CT molecular complexity index is 778. The Morgan fingerprint density at radius 1 is 1.28 bits per heavy atom. The summed E-state index contributed by atoms with van der Waals surface area (Å²) in [5.74, 6) is -0.859. The number of carbonyl (C=O) groups excluding carboxylic acids is 2. The van der Waals surface area contributed by atoms with Gasteiger partial charge in [-0.25, -0.2) is 13.2 Å². The molecule has 1 atom stereocenters. The Morgan fingerprint density at radius 3 is 2.56 bits per heavy atom. The summed E-state index contributed by atoms with van der Waals surface area (Å²) in [7, 11) is -0.290. The lowest BCUT2D eigenvalue weighted by atomic mass is 10.2. The van der Waals surface area contributed by atoms with Crippen molar-refractivity contribution in [3.05, 3.63) is 22.7 Å². The van der Waals surface area contributed by atoms with Gasteiger partial charge in [-0.1, -0.05) is 11.6 Å². The number of ether oxygens (including phenoxy) is 3. The second kappa shape index (κ2) is 7.92. The molecule has 2 rings (SSSR count). The molecule has 0 spiro atoms. The fourth-order valence-electron chi connectivity index (χ4n) is 2.43. The van der Waals surface area contributed by atoms with E-state index >= 15 is 0 Å². The van der Waals surface area contributed by atoms with Gasteiger partial charge in [-0.15, -0.1) is 0 Å². The maximum atomic E-state index is 12.1. The van der Waals surface area contributed by atoms with Gasteiger partial charge in [0.05, 0.1) is 36.3 Å². The molecule has 10 heteroatoms. The lowest BCUT2D eigenvalue weighted by molar-refractivity contribution is -0.124. The zero-order valence-corrected chi connectivity index (χ0v) is 15.3. The fourth-order valence-corrected chi connectivity index (χ4v) is 4.39. The maximum Gasteiger partial charge on any atom is 0.338 e. The summed E-state index contributed by atoms with van der Waals surface area (Å²) in [5.41, 5.74) is 0.0962. The second-order valence-corrected chi connectivity index (χ2v) is 8.07. The molecule has 8 nitrogen and oxygen atoms in total. The van der Waals surface area contributed by atoms with Gasteiger partial charge >= 0.3 is 5.97 Å². The van der Waals surface area contributed by atoms with E-state index in [1.165, 1.54) is 26.4 Å². The zero-order chi connectivity index (χ0) is 18.6. The largest absolute Gasteiger partial charge is 0.493 e. The highest BCUT2D eigenvalue weighted by Gasteiger charge is 2.29. The van der Waals surface area contributed by atoms with E-state index in [2.05, 4.69) is 5.32 Å². The van der Waals surface area contributed by atoms with Gasteiger partial charge in [0.25, 0.3) is 5.91 Å². The van der Waals surface area contributed by atoms with E-state index in [1.807, 2.05) is 0 Å². The van der Waals surface area contributed by atoms with Crippen molar-refractivity contribution in [3.63, 3.8) is 0 Å². The molecule has 1 amide bonds. The lowest BCUT2D eigenvalue weighted by Crippen LogP contribution is -2.38. The van der Waals surface area contributed by atoms with Gasteiger partial charge in [0.15, 0.2) is 27.9 Å². The van der Waals surface area contributed by atoms with Crippen LogP contribution in [0.4, 0.5) is 0 Å². The summed E-state index contributed by atoms with van der Waals surface area (Å²) >= 11 is 6.01. The molecule has 0 unspecified atom stereocenters. The third kappa shape index (κ3) is 4.99. The highest BCUT2D eigenvalue weighted by atomic mass is 35.5. The van der Waals surface area contributed by atoms with Gasteiger partial charge in [-0.05, 0) is 18.6 Å². The number of halogens is 1. The summed E-state index contributed by atoms with van der Waals surface area (Å²) in [6.45, 7) is -0.526.